The molecule has 0 amide bonds. The number of hydrogen-bond donors (Lipinski definition) is 2. The quantitative estimate of drug-likeness (QED) is 0.510. The molecule has 0 spiro atoms. The fourth-order valence-electron chi connectivity index (χ4n) is 0.986. The molecule has 1 saturated heterocycles. The Balaban J connectivity index is 2.13. The molecule has 0 aromatic heterocycles. The molecule has 0 aromatic rings. The Kier molecular flexibility index (Phi) is 5.38. The molecule has 7 heteroatoms. The monoisotopic (exact) mass is 206 g/mol. The summed E-state index contributed by atoms with van der Waals surface area (Å²) in [5, 5.41) is 17.5. The molecule has 0 saturated carbocycles. The fraction of sp³-hybridized carbons (Fsp3) is 1.00. The molecule has 0 aliphatic carbocycles. The van der Waals surface area contributed by atoms with Crippen molar-refractivity contribution in [2.24, 2.45) is 0 Å². The molecule has 2 atom stereocenters. The third-order valence-corrected chi connectivity index (χ3v) is 1.88. The second kappa shape index (κ2) is 6.33. The lowest BCUT2D eigenvalue weighted by molar-refractivity contribution is 0.00200. The molecule has 1 fully saturated rings. The van der Waals surface area contributed by atoms with Gasteiger partial charge in [0.05, 0.1) is 32.5 Å². The van der Waals surface area contributed by atoms with Gasteiger partial charge in [-0.1, -0.05) is 0 Å². The van der Waals surface area contributed by atoms with E-state index in [0.29, 0.717) is 6.61 Å². The number of aliphatic hydroxyl groups is 2. The topological polar surface area (TPSA) is 77.4 Å². The highest BCUT2D eigenvalue weighted by Crippen LogP contribution is 2.09. The summed E-state index contributed by atoms with van der Waals surface area (Å²) in [6, 6.07) is 0. The third-order valence-electron chi connectivity index (χ3n) is 1.88. The zero-order chi connectivity index (χ0) is 10.4. The zero-order valence-corrected chi connectivity index (χ0v) is 8.09. The summed E-state index contributed by atoms with van der Waals surface area (Å²) >= 11 is 0. The number of hydrogen-bond acceptors (Lipinski definition) is 6. The maximum atomic E-state index is 8.77. The van der Waals surface area contributed by atoms with Gasteiger partial charge in [-0.15, -0.1) is 0 Å². The van der Waals surface area contributed by atoms with E-state index >= 15 is 0 Å². The maximum absolute atomic E-state index is 8.77. The summed E-state index contributed by atoms with van der Waals surface area (Å²) in [7, 11) is 0.716. The van der Waals surface area contributed by atoms with Crippen molar-refractivity contribution < 1.29 is 28.9 Å². The third kappa shape index (κ3) is 3.53. The van der Waals surface area contributed by atoms with Gasteiger partial charge >= 0.3 is 7.32 Å². The van der Waals surface area contributed by atoms with E-state index in [4.69, 9.17) is 28.9 Å². The van der Waals surface area contributed by atoms with E-state index in [1.165, 1.54) is 7.11 Å². The van der Waals surface area contributed by atoms with Crippen LogP contribution in [-0.4, -0.2) is 63.3 Å². The number of ether oxygens (including phenoxy) is 1. The normalized spacial score (nSPS) is 24.2. The largest absolute Gasteiger partial charge is 0.639 e. The summed E-state index contributed by atoms with van der Waals surface area (Å²) in [5.41, 5.74) is 0. The molecule has 0 radical (unpaired) electrons. The van der Waals surface area contributed by atoms with Crippen molar-refractivity contribution in [2.75, 3.05) is 33.5 Å². The SMILES string of the molecule is COC(CO)COB1OCC(CO)O1. The van der Waals surface area contributed by atoms with Gasteiger partial charge in [0, 0.05) is 7.11 Å². The Morgan fingerprint density at radius 1 is 1.57 bits per heavy atom. The zero-order valence-electron chi connectivity index (χ0n) is 8.09. The smallest absolute Gasteiger partial charge is 0.394 e. The van der Waals surface area contributed by atoms with Crippen LogP contribution < -0.4 is 0 Å². The Hall–Kier alpha value is -0.175. The number of aliphatic hydroxyl groups excluding tert-OH is 2. The van der Waals surface area contributed by atoms with Crippen molar-refractivity contribution in [3.05, 3.63) is 0 Å². The summed E-state index contributed by atoms with van der Waals surface area (Å²) in [6.45, 7) is 0.300. The molecule has 0 aromatic carbocycles. The van der Waals surface area contributed by atoms with Crippen LogP contribution in [0, 0.1) is 0 Å². The van der Waals surface area contributed by atoms with Crippen molar-refractivity contribution in [1.82, 2.24) is 0 Å². The Morgan fingerprint density at radius 3 is 2.86 bits per heavy atom. The maximum Gasteiger partial charge on any atom is 0.639 e. The first-order valence-corrected chi connectivity index (χ1v) is 4.43. The van der Waals surface area contributed by atoms with Crippen LogP contribution in [0.4, 0.5) is 0 Å². The molecule has 2 N–H and O–H groups in total. The summed E-state index contributed by atoms with van der Waals surface area (Å²) < 4.78 is 20.2. The second-order valence-electron chi connectivity index (χ2n) is 2.94. The first-order chi connectivity index (χ1) is 6.80. The van der Waals surface area contributed by atoms with E-state index in [1.54, 1.807) is 0 Å². The van der Waals surface area contributed by atoms with Crippen LogP contribution in [0.15, 0.2) is 0 Å². The molecule has 1 heterocycles. The molecule has 2 unspecified atom stereocenters. The lowest BCUT2D eigenvalue weighted by Gasteiger charge is -2.13. The van der Waals surface area contributed by atoms with E-state index in [0.717, 1.165) is 0 Å². The number of methoxy groups -OCH3 is 1. The molecule has 6 nitrogen and oxygen atoms in total. The highest BCUT2D eigenvalue weighted by molar-refractivity contribution is 6.37. The molecular formula is C7H15BO6. The highest BCUT2D eigenvalue weighted by Gasteiger charge is 2.34. The summed E-state index contributed by atoms with van der Waals surface area (Å²) in [6.07, 6.45) is -0.703. The van der Waals surface area contributed by atoms with Gasteiger partial charge in [-0.3, -0.25) is 0 Å². The van der Waals surface area contributed by atoms with E-state index in [1.807, 2.05) is 0 Å². The fourth-order valence-corrected chi connectivity index (χ4v) is 0.986. The standard InChI is InChI=1S/C7H15BO6/c1-11-6(2-9)4-12-8-13-5-7(3-10)14-8/h6-7,9-10H,2-5H2,1H3. The highest BCUT2D eigenvalue weighted by atomic mass is 16.8. The van der Waals surface area contributed by atoms with Gasteiger partial charge in [-0.2, -0.15) is 0 Å². The number of rotatable bonds is 6. The molecule has 82 valence electrons. The molecular weight excluding hydrogens is 191 g/mol. The van der Waals surface area contributed by atoms with Crippen molar-refractivity contribution in [1.29, 1.82) is 0 Å². The predicted octanol–water partition coefficient (Wildman–Crippen LogP) is -1.60. The van der Waals surface area contributed by atoms with Crippen LogP contribution >= 0.6 is 0 Å². The summed E-state index contributed by atoms with van der Waals surface area (Å²) in [4.78, 5) is 0. The predicted molar refractivity (Wildman–Crippen MR) is 47.5 cm³/mol. The van der Waals surface area contributed by atoms with Crippen molar-refractivity contribution in [2.45, 2.75) is 12.2 Å². The average Bonchev–Trinajstić information content (AvgIpc) is 2.67. The first-order valence-electron chi connectivity index (χ1n) is 4.43. The lowest BCUT2D eigenvalue weighted by atomic mass is 10.2. The molecule has 0 bridgehead atoms. The average molecular weight is 206 g/mol. The van der Waals surface area contributed by atoms with Gasteiger partial charge in [0.1, 0.15) is 6.10 Å². The van der Waals surface area contributed by atoms with E-state index in [2.05, 4.69) is 0 Å². The van der Waals surface area contributed by atoms with Crippen LogP contribution in [-0.2, 0) is 18.7 Å². The van der Waals surface area contributed by atoms with Crippen LogP contribution in [0.3, 0.4) is 0 Å². The van der Waals surface area contributed by atoms with Gasteiger partial charge < -0.3 is 28.9 Å². The van der Waals surface area contributed by atoms with Gasteiger partial charge in [-0.05, 0) is 0 Å². The van der Waals surface area contributed by atoms with Crippen LogP contribution in [0.25, 0.3) is 0 Å². The summed E-state index contributed by atoms with van der Waals surface area (Å²) in [5.74, 6) is 0. The Bertz CT molecular complexity index is 153. The van der Waals surface area contributed by atoms with Crippen LogP contribution in [0.5, 0.6) is 0 Å². The van der Waals surface area contributed by atoms with Gasteiger partial charge in [0.2, 0.25) is 0 Å². The molecule has 14 heavy (non-hydrogen) atoms. The van der Waals surface area contributed by atoms with Crippen LogP contribution in [0.1, 0.15) is 0 Å². The minimum Gasteiger partial charge on any atom is -0.394 e. The Morgan fingerprint density at radius 2 is 2.36 bits per heavy atom. The minimum atomic E-state index is -0.767. The molecule has 1 rings (SSSR count). The van der Waals surface area contributed by atoms with E-state index in [9.17, 15) is 0 Å². The van der Waals surface area contributed by atoms with Gasteiger partial charge in [0.15, 0.2) is 0 Å². The van der Waals surface area contributed by atoms with Gasteiger partial charge in [-0.25, -0.2) is 0 Å². The first kappa shape index (κ1) is 11.9. The lowest BCUT2D eigenvalue weighted by Crippen LogP contribution is -2.30. The van der Waals surface area contributed by atoms with Crippen molar-refractivity contribution in [3.63, 3.8) is 0 Å². The van der Waals surface area contributed by atoms with Gasteiger partial charge in [0.25, 0.3) is 0 Å². The molecule has 1 aliphatic heterocycles. The van der Waals surface area contributed by atoms with E-state index in [-0.39, 0.29) is 32.0 Å². The second-order valence-corrected chi connectivity index (χ2v) is 2.94. The van der Waals surface area contributed by atoms with Crippen LogP contribution in [0.2, 0.25) is 0 Å². The molecule has 1 aliphatic rings. The van der Waals surface area contributed by atoms with Crippen molar-refractivity contribution >= 4 is 7.32 Å². The minimum absolute atomic E-state index is 0.0897. The van der Waals surface area contributed by atoms with Crippen molar-refractivity contribution in [3.8, 4) is 0 Å². The van der Waals surface area contributed by atoms with E-state index < -0.39 is 7.32 Å². The Labute approximate surface area is 82.9 Å².